The summed E-state index contributed by atoms with van der Waals surface area (Å²) in [6.45, 7) is 2.98. The predicted molar refractivity (Wildman–Crippen MR) is 185 cm³/mol. The van der Waals surface area contributed by atoms with Crippen LogP contribution in [-0.4, -0.2) is 61.2 Å². The maximum Gasteiger partial charge on any atom is 0.416 e. The van der Waals surface area contributed by atoms with Gasteiger partial charge in [0.2, 0.25) is 5.95 Å². The van der Waals surface area contributed by atoms with Gasteiger partial charge in [-0.3, -0.25) is 4.79 Å². The molecule has 304 valence electrons. The van der Waals surface area contributed by atoms with Crippen molar-refractivity contribution in [1.82, 2.24) is 9.97 Å². The molecule has 0 aliphatic heterocycles. The van der Waals surface area contributed by atoms with Crippen molar-refractivity contribution in [3.05, 3.63) is 76.6 Å². The smallest absolute Gasteiger partial charge is 0.416 e. The number of anilines is 2. The largest absolute Gasteiger partial charge is 0.489 e. The van der Waals surface area contributed by atoms with Crippen molar-refractivity contribution in [3.63, 3.8) is 0 Å². The molecule has 0 radical (unpaired) electrons. The summed E-state index contributed by atoms with van der Waals surface area (Å²) < 4.78 is 154. The van der Waals surface area contributed by atoms with Crippen molar-refractivity contribution < 1.29 is 62.6 Å². The SMILES string of the molecule is CCN(CC1CCC(CC(=O)O)CC1)c1ccc(C(F)(F)F)cc1CN(c1ncc(OCCS(C)(=O)=O)cn1)[C@H](C)c1cc(C(F)(F)F)cc(C(F)(F)F)c1. The van der Waals surface area contributed by atoms with E-state index in [2.05, 4.69) is 9.97 Å². The number of hydrogen-bond donors (Lipinski definition) is 1. The molecule has 0 spiro atoms. The molecule has 0 bridgehead atoms. The van der Waals surface area contributed by atoms with Crippen LogP contribution in [0.1, 0.15) is 79.8 Å². The van der Waals surface area contributed by atoms with E-state index < -0.39 is 69.2 Å². The van der Waals surface area contributed by atoms with Crippen LogP contribution in [0.2, 0.25) is 0 Å². The second-order valence-corrected chi connectivity index (χ2v) is 16.0. The van der Waals surface area contributed by atoms with Gasteiger partial charge in [0.15, 0.2) is 15.6 Å². The minimum atomic E-state index is -5.18. The van der Waals surface area contributed by atoms with Gasteiger partial charge in [-0.1, -0.05) is 0 Å². The molecule has 1 heterocycles. The monoisotopic (exact) mass is 812 g/mol. The van der Waals surface area contributed by atoms with Crippen LogP contribution in [0.25, 0.3) is 0 Å². The van der Waals surface area contributed by atoms with E-state index in [0.717, 1.165) is 30.8 Å². The Bertz CT molecular complexity index is 1850. The third kappa shape index (κ3) is 12.4. The Morgan fingerprint density at radius 1 is 0.873 bits per heavy atom. The lowest BCUT2D eigenvalue weighted by Gasteiger charge is -2.36. The molecular weight excluding hydrogens is 771 g/mol. The number of ether oxygens (including phenoxy) is 1. The highest BCUT2D eigenvalue weighted by molar-refractivity contribution is 7.90. The lowest BCUT2D eigenvalue weighted by Crippen LogP contribution is -2.34. The van der Waals surface area contributed by atoms with E-state index >= 15 is 0 Å². The summed E-state index contributed by atoms with van der Waals surface area (Å²) >= 11 is 0. The lowest BCUT2D eigenvalue weighted by atomic mass is 9.80. The number of hydrogen-bond acceptors (Lipinski definition) is 8. The van der Waals surface area contributed by atoms with Crippen LogP contribution in [-0.2, 0) is 39.7 Å². The molecule has 19 heteroatoms. The molecule has 0 amide bonds. The number of rotatable bonds is 15. The summed E-state index contributed by atoms with van der Waals surface area (Å²) in [4.78, 5) is 22.6. The Morgan fingerprint density at radius 3 is 1.91 bits per heavy atom. The van der Waals surface area contributed by atoms with Gasteiger partial charge in [0.25, 0.3) is 0 Å². The lowest BCUT2D eigenvalue weighted by molar-refractivity contribution is -0.143. The standard InChI is InChI=1S/C36H41F9N4O5S/c1-4-48(20-24-7-5-23(6-8-24)13-32(50)51)31-10-9-27(34(37,38)39)16-26(31)21-49(33-46-18-30(19-47-33)54-11-12-55(3,52)53)22(2)25-14-28(35(40,41)42)17-29(15-25)36(43,44)45/h9-10,14-19,22-24H,4-8,11-13,20-21H2,1-3H3,(H,50,51)/t22-,23?,24?/m1/s1. The van der Waals surface area contributed by atoms with Crippen LogP contribution in [0.4, 0.5) is 51.1 Å². The molecule has 3 aromatic rings. The quantitative estimate of drug-likeness (QED) is 0.151. The second-order valence-electron chi connectivity index (χ2n) is 13.7. The topological polar surface area (TPSA) is 113 Å². The third-order valence-corrected chi connectivity index (χ3v) is 10.4. The molecule has 1 saturated carbocycles. The average Bonchev–Trinajstić information content (AvgIpc) is 3.08. The van der Waals surface area contributed by atoms with E-state index in [4.69, 9.17) is 4.74 Å². The Kier molecular flexibility index (Phi) is 13.6. The summed E-state index contributed by atoms with van der Waals surface area (Å²) in [5.74, 6) is -1.48. The van der Waals surface area contributed by atoms with E-state index in [9.17, 15) is 57.8 Å². The van der Waals surface area contributed by atoms with Crippen molar-refractivity contribution >= 4 is 27.4 Å². The minimum Gasteiger partial charge on any atom is -0.489 e. The van der Waals surface area contributed by atoms with Crippen LogP contribution >= 0.6 is 0 Å². The number of aliphatic carboxylic acids is 1. The Hall–Kier alpha value is -4.29. The van der Waals surface area contributed by atoms with E-state index in [1.165, 1.54) is 17.9 Å². The van der Waals surface area contributed by atoms with Crippen molar-refractivity contribution in [2.75, 3.05) is 41.5 Å². The first-order valence-electron chi connectivity index (χ1n) is 17.3. The van der Waals surface area contributed by atoms with Crippen molar-refractivity contribution in [2.45, 2.75) is 77.1 Å². The molecule has 1 fully saturated rings. The maximum atomic E-state index is 14.1. The van der Waals surface area contributed by atoms with Crippen molar-refractivity contribution in [3.8, 4) is 5.75 Å². The first-order valence-corrected chi connectivity index (χ1v) is 19.4. The van der Waals surface area contributed by atoms with Crippen molar-refractivity contribution in [2.24, 2.45) is 11.8 Å². The number of carboxylic acids is 1. The van der Waals surface area contributed by atoms with Gasteiger partial charge in [0, 0.05) is 38.0 Å². The van der Waals surface area contributed by atoms with E-state index in [1.54, 1.807) is 6.92 Å². The number of carboxylic acid groups (broad SMARTS) is 1. The normalized spacial score (nSPS) is 17.5. The van der Waals surface area contributed by atoms with Gasteiger partial charge < -0.3 is 19.6 Å². The molecule has 2 aromatic carbocycles. The zero-order chi connectivity index (χ0) is 40.9. The zero-order valence-electron chi connectivity index (χ0n) is 30.1. The first-order chi connectivity index (χ1) is 25.4. The molecule has 55 heavy (non-hydrogen) atoms. The molecule has 1 atom stereocenters. The van der Waals surface area contributed by atoms with Gasteiger partial charge in [-0.05, 0) is 98.9 Å². The summed E-state index contributed by atoms with van der Waals surface area (Å²) in [6.07, 6.45) is -9.27. The average molecular weight is 813 g/mol. The molecule has 4 rings (SSSR count). The Morgan fingerprint density at radius 2 is 1.42 bits per heavy atom. The number of sulfone groups is 1. The third-order valence-electron chi connectivity index (χ3n) is 9.53. The van der Waals surface area contributed by atoms with Crippen LogP contribution in [0, 0.1) is 11.8 Å². The molecule has 0 saturated heterocycles. The van der Waals surface area contributed by atoms with Crippen molar-refractivity contribution in [1.29, 1.82) is 0 Å². The molecule has 1 aliphatic carbocycles. The van der Waals surface area contributed by atoms with Crippen LogP contribution in [0.3, 0.4) is 0 Å². The number of alkyl halides is 9. The highest BCUT2D eigenvalue weighted by atomic mass is 32.2. The number of aromatic nitrogens is 2. The van der Waals surface area contributed by atoms with Crippen LogP contribution in [0.5, 0.6) is 5.75 Å². The maximum absolute atomic E-state index is 14.1. The molecule has 1 N–H and O–H groups in total. The van der Waals surface area contributed by atoms with Gasteiger partial charge >= 0.3 is 24.5 Å². The molecule has 0 unspecified atom stereocenters. The summed E-state index contributed by atoms with van der Waals surface area (Å²) in [5.41, 5.74) is -4.33. The highest BCUT2D eigenvalue weighted by Gasteiger charge is 2.38. The summed E-state index contributed by atoms with van der Waals surface area (Å²) in [7, 11) is -3.40. The number of carbonyl (C=O) groups is 1. The molecular formula is C36H41F9N4O5S. The molecule has 1 aromatic heterocycles. The predicted octanol–water partition coefficient (Wildman–Crippen LogP) is 8.83. The fraction of sp³-hybridized carbons (Fsp3) is 0.528. The van der Waals surface area contributed by atoms with E-state index in [-0.39, 0.29) is 53.9 Å². The number of benzene rings is 2. The fourth-order valence-electron chi connectivity index (χ4n) is 6.58. The van der Waals surface area contributed by atoms with E-state index in [1.807, 2.05) is 4.90 Å². The van der Waals surface area contributed by atoms with Gasteiger partial charge in [-0.15, -0.1) is 0 Å². The van der Waals surface area contributed by atoms with Gasteiger partial charge in [0.1, 0.15) is 6.61 Å². The Balaban J connectivity index is 1.80. The van der Waals surface area contributed by atoms with Gasteiger partial charge in [-0.2, -0.15) is 39.5 Å². The fourth-order valence-corrected chi connectivity index (χ4v) is 6.97. The number of halogens is 9. The van der Waals surface area contributed by atoms with Crippen LogP contribution in [0.15, 0.2) is 48.8 Å². The van der Waals surface area contributed by atoms with Crippen LogP contribution < -0.4 is 14.5 Å². The molecule has 1 aliphatic rings. The second kappa shape index (κ2) is 17.2. The van der Waals surface area contributed by atoms with Gasteiger partial charge in [0.05, 0.1) is 40.9 Å². The summed E-state index contributed by atoms with van der Waals surface area (Å²) in [5, 5.41) is 9.19. The summed E-state index contributed by atoms with van der Waals surface area (Å²) in [6, 6.07) is 2.68. The highest BCUT2D eigenvalue weighted by Crippen LogP contribution is 2.41. The van der Waals surface area contributed by atoms with E-state index in [0.29, 0.717) is 56.6 Å². The zero-order valence-corrected chi connectivity index (χ0v) is 30.9. The van der Waals surface area contributed by atoms with Gasteiger partial charge in [-0.25, -0.2) is 18.4 Å². The minimum absolute atomic E-state index is 0.00526. The number of nitrogens with zero attached hydrogens (tertiary/aromatic N) is 4. The first kappa shape index (κ1) is 43.4. The molecule has 9 nitrogen and oxygen atoms in total. The Labute approximate surface area is 312 Å².